The van der Waals surface area contributed by atoms with Gasteiger partial charge in [0.1, 0.15) is 22.1 Å². The predicted molar refractivity (Wildman–Crippen MR) is 609 cm³/mol. The number of rotatable bonds is 66. The SMILES string of the molecule is CCCCCCCC.CCCCCCCCOCCc1cc(-c2sc(-c3ccc(-c4cc(CCOCCCCCCCC)c(-c5cc(CCO)c(C)s5)s4)c4nsnc34)cc2CCOCCCCCCCC)sc1C.CCCCCCc1cc(-c2sc(-c3ccc(-c4cc(CCCCCC)c(-c5cc(CCCCCC)c(-c6ccc(C)s6)s5)s4)c4nsnc34)cc2CCCCCC)sc1C. The van der Waals surface area contributed by atoms with Crippen LogP contribution in [0.4, 0.5) is 0 Å². The van der Waals surface area contributed by atoms with E-state index in [0.29, 0.717) is 13.0 Å². The lowest BCUT2D eigenvalue weighted by Crippen LogP contribution is -2.01. The summed E-state index contributed by atoms with van der Waals surface area (Å²) in [6.45, 7) is 34.5. The van der Waals surface area contributed by atoms with Gasteiger partial charge in [-0.05, 0) is 229 Å². The van der Waals surface area contributed by atoms with E-state index in [1.165, 1.54) is 405 Å². The fourth-order valence-corrected chi connectivity index (χ4v) is 30.3. The quantitative estimate of drug-likeness (QED) is 0.0377. The van der Waals surface area contributed by atoms with Crippen molar-refractivity contribution in [1.29, 1.82) is 0 Å². The topological polar surface area (TPSA) is 99.5 Å². The molecule has 11 aromatic heterocycles. The van der Waals surface area contributed by atoms with E-state index in [4.69, 9.17) is 31.7 Å². The number of unbranched alkanes of at least 4 members (excludes halogenated alkanes) is 32. The summed E-state index contributed by atoms with van der Waals surface area (Å²) in [4.78, 5) is 24.7. The zero-order valence-corrected chi connectivity index (χ0v) is 93.9. The third-order valence-corrected chi connectivity index (χ3v) is 38.6. The molecular formula is C116H164N4O4S11. The Morgan fingerprint density at radius 3 is 0.741 bits per heavy atom. The number of fused-ring (bicyclic) bond motifs is 2. The minimum atomic E-state index is 0.163. The number of nitrogens with zero attached hydrogens (tertiary/aromatic N) is 4. The summed E-state index contributed by atoms with van der Waals surface area (Å²) in [5.41, 5.74) is 20.2. The molecule has 0 saturated heterocycles. The van der Waals surface area contributed by atoms with Gasteiger partial charge in [-0.1, -0.05) is 298 Å². The number of benzene rings is 2. The van der Waals surface area contributed by atoms with Crippen LogP contribution in [0.1, 0.15) is 383 Å². The fraction of sp³-hybridized carbons (Fsp3) is 0.586. The van der Waals surface area contributed by atoms with Gasteiger partial charge >= 0.3 is 0 Å². The second-order valence-corrected chi connectivity index (χ2v) is 49.0. The second-order valence-electron chi connectivity index (χ2n) is 37.6. The van der Waals surface area contributed by atoms with Crippen LogP contribution in [0.2, 0.25) is 0 Å². The molecule has 0 atom stereocenters. The van der Waals surface area contributed by atoms with Crippen LogP contribution in [0.15, 0.2) is 84.9 Å². The first-order chi connectivity index (χ1) is 66.3. The van der Waals surface area contributed by atoms with E-state index < -0.39 is 0 Å². The monoisotopic (exact) mass is 2030 g/mol. The van der Waals surface area contributed by atoms with E-state index >= 15 is 0 Å². The number of thiophene rings is 9. The van der Waals surface area contributed by atoms with E-state index in [1.54, 1.807) is 5.56 Å². The molecule has 0 fully saturated rings. The predicted octanol–water partition coefficient (Wildman–Crippen LogP) is 40.3. The molecule has 0 bridgehead atoms. The molecule has 0 aliphatic carbocycles. The third kappa shape index (κ3) is 34.2. The summed E-state index contributed by atoms with van der Waals surface area (Å²) in [7, 11) is 0. The van der Waals surface area contributed by atoms with Crippen molar-refractivity contribution in [3.8, 4) is 90.5 Å². The van der Waals surface area contributed by atoms with Gasteiger partial charge in [0.15, 0.2) is 0 Å². The highest BCUT2D eigenvalue weighted by atomic mass is 32.1. The summed E-state index contributed by atoms with van der Waals surface area (Å²) in [5, 5.41) is 9.79. The molecule has 738 valence electrons. The molecule has 0 radical (unpaired) electrons. The molecule has 0 aliphatic heterocycles. The van der Waals surface area contributed by atoms with E-state index in [2.05, 4.69) is 175 Å². The lowest BCUT2D eigenvalue weighted by atomic mass is 10.0. The van der Waals surface area contributed by atoms with Gasteiger partial charge in [0, 0.05) is 136 Å². The molecule has 135 heavy (non-hydrogen) atoms. The minimum absolute atomic E-state index is 0.163. The minimum Gasteiger partial charge on any atom is -0.396 e. The molecule has 2 aromatic carbocycles. The Bertz CT molecular complexity index is 5460. The maximum absolute atomic E-state index is 9.79. The number of aryl methyl sites for hydroxylation is 8. The van der Waals surface area contributed by atoms with Crippen LogP contribution in [0.25, 0.3) is 113 Å². The lowest BCUT2D eigenvalue weighted by Gasteiger charge is -2.05. The Hall–Kier alpha value is -4.78. The number of aliphatic hydroxyl groups is 1. The van der Waals surface area contributed by atoms with Crippen molar-refractivity contribution >= 4 is 148 Å². The Morgan fingerprint density at radius 1 is 0.215 bits per heavy atom. The summed E-state index contributed by atoms with van der Waals surface area (Å²) in [6.07, 6.45) is 60.1. The van der Waals surface area contributed by atoms with Gasteiger partial charge in [-0.3, -0.25) is 0 Å². The highest BCUT2D eigenvalue weighted by Gasteiger charge is 2.27. The molecule has 13 aromatic rings. The fourth-order valence-electron chi connectivity index (χ4n) is 18.2. The number of hydrogen-bond acceptors (Lipinski definition) is 19. The summed E-state index contributed by atoms with van der Waals surface area (Å²) in [6, 6.07) is 33.6. The van der Waals surface area contributed by atoms with Crippen molar-refractivity contribution in [3.05, 3.63) is 149 Å². The average molecular weight is 2030 g/mol. The van der Waals surface area contributed by atoms with Crippen LogP contribution >= 0.6 is 125 Å². The van der Waals surface area contributed by atoms with Gasteiger partial charge in [0.05, 0.1) is 43.3 Å². The molecule has 0 saturated carbocycles. The van der Waals surface area contributed by atoms with Crippen LogP contribution in [0.3, 0.4) is 0 Å². The van der Waals surface area contributed by atoms with Gasteiger partial charge in [0.25, 0.3) is 0 Å². The van der Waals surface area contributed by atoms with Gasteiger partial charge in [-0.15, -0.1) is 102 Å². The van der Waals surface area contributed by atoms with Crippen molar-refractivity contribution in [1.82, 2.24) is 17.5 Å². The Morgan fingerprint density at radius 2 is 0.444 bits per heavy atom. The molecule has 0 aliphatic rings. The molecule has 13 rings (SSSR count). The van der Waals surface area contributed by atoms with Gasteiger partial charge in [0.2, 0.25) is 0 Å². The van der Waals surface area contributed by atoms with Crippen molar-refractivity contribution in [2.75, 3.05) is 46.2 Å². The summed E-state index contributed by atoms with van der Waals surface area (Å²) >= 11 is 20.1. The highest BCUT2D eigenvalue weighted by molar-refractivity contribution is 7.28. The second kappa shape index (κ2) is 62.6. The Balaban J connectivity index is 0.000000241. The van der Waals surface area contributed by atoms with Gasteiger partial charge in [-0.2, -0.15) is 17.5 Å². The Labute approximate surface area is 860 Å². The number of hydrogen-bond donors (Lipinski definition) is 1. The van der Waals surface area contributed by atoms with Crippen LogP contribution in [0, 0.1) is 27.7 Å². The summed E-state index contributed by atoms with van der Waals surface area (Å²) in [5.74, 6) is 0. The molecular weight excluding hydrogens is 1870 g/mol. The molecule has 0 amide bonds. The van der Waals surface area contributed by atoms with Gasteiger partial charge < -0.3 is 19.3 Å². The van der Waals surface area contributed by atoms with Crippen LogP contribution < -0.4 is 0 Å². The molecule has 0 unspecified atom stereocenters. The lowest BCUT2D eigenvalue weighted by molar-refractivity contribution is 0.132. The van der Waals surface area contributed by atoms with Crippen LogP contribution in [-0.4, -0.2) is 68.8 Å². The van der Waals surface area contributed by atoms with Crippen molar-refractivity contribution in [2.45, 2.75) is 398 Å². The van der Waals surface area contributed by atoms with Crippen LogP contribution in [-0.2, 0) is 65.6 Å². The normalized spacial score (nSPS) is 11.7. The zero-order valence-electron chi connectivity index (χ0n) is 84.9. The third-order valence-electron chi connectivity index (χ3n) is 26.4. The largest absolute Gasteiger partial charge is 0.396 e. The number of aliphatic hydroxyl groups excluding tert-OH is 1. The molecule has 1 N–H and O–H groups in total. The van der Waals surface area contributed by atoms with Crippen molar-refractivity contribution < 1.29 is 19.3 Å². The number of aromatic nitrogens is 4. The van der Waals surface area contributed by atoms with Crippen LogP contribution in [0.5, 0.6) is 0 Å². The first-order valence-electron chi connectivity index (χ1n) is 53.1. The van der Waals surface area contributed by atoms with E-state index in [-0.39, 0.29) is 6.61 Å². The van der Waals surface area contributed by atoms with E-state index in [0.717, 1.165) is 124 Å². The van der Waals surface area contributed by atoms with E-state index in [9.17, 15) is 5.11 Å². The standard InChI is InChI=1S/C56H80N2O4S5.C52H66N2S6.C8H18/c1-6-9-12-15-18-21-31-60-34-27-44-38-52(64-42(44)5)56-46(29-36-62-33-23-20-17-14-11-8-3)40-50(66-56)48-25-24-47(53-54(48)58-67-57-53)49-39-45(28-35-61-32-22-19-16-13-10-7-2)55(65-49)51-37-43(26-30-59)41(4)63-51;1-7-11-15-19-23-37-31-46(56-36(37)6)51-38(24-20-16-12-8-2)32-44(57-51)41-28-29-42(49-48(41)53-60-54-49)45-33-39(25-21-17-13-9-3)52(58-45)47-34-40(26-22-18-14-10-4)50(59-47)43-30-27-35(5)55-43;1-3-5-7-8-6-4-2/h24-25,37-40,59H,6-23,26-36H2,1-5H3;27-34H,7-26H2,1-6H3;3-8H2,1-2H3. The first kappa shape index (κ1) is 111. The molecule has 11 heterocycles. The van der Waals surface area contributed by atoms with E-state index in [1.807, 2.05) is 102 Å². The number of ether oxygens (including phenoxy) is 3. The Kier molecular flexibility index (Phi) is 51.3. The maximum Gasteiger partial charge on any atom is 0.114 e. The maximum atomic E-state index is 9.79. The molecule has 0 spiro atoms. The molecule has 8 nitrogen and oxygen atoms in total. The smallest absolute Gasteiger partial charge is 0.114 e. The van der Waals surface area contributed by atoms with Gasteiger partial charge in [-0.25, -0.2) is 0 Å². The summed E-state index contributed by atoms with van der Waals surface area (Å²) < 4.78 is 38.7. The molecule has 19 heteroatoms. The zero-order chi connectivity index (χ0) is 95.1. The van der Waals surface area contributed by atoms with Crippen molar-refractivity contribution in [3.63, 3.8) is 0 Å². The first-order valence-corrected chi connectivity index (χ1v) is 61.9. The van der Waals surface area contributed by atoms with Crippen molar-refractivity contribution in [2.24, 2.45) is 0 Å². The highest BCUT2D eigenvalue weighted by Crippen LogP contribution is 2.53. The average Bonchev–Trinajstić information content (AvgIpc) is 1.61.